The third kappa shape index (κ3) is 250. The summed E-state index contributed by atoms with van der Waals surface area (Å²) in [7, 11) is 0. The number of hydrogen-bond acceptors (Lipinski definition) is 2. The van der Waals surface area contributed by atoms with Crippen molar-refractivity contribution in [1.29, 1.82) is 0 Å². The molecule has 0 rings (SSSR count). The molecule has 0 saturated carbocycles. The van der Waals surface area contributed by atoms with Gasteiger partial charge in [0.05, 0.1) is 0 Å². The molecule has 0 aliphatic carbocycles. The van der Waals surface area contributed by atoms with Gasteiger partial charge in [-0.2, -0.15) is 0 Å². The second-order valence-corrected chi connectivity index (χ2v) is 0.577. The zero-order valence-corrected chi connectivity index (χ0v) is 8.32. The molecule has 0 spiro atoms. The molecule has 0 unspecified atom stereocenters. The fourth-order valence-corrected chi connectivity index (χ4v) is 0. The van der Waals surface area contributed by atoms with Gasteiger partial charge in [0.15, 0.2) is 0 Å². The van der Waals surface area contributed by atoms with Crippen molar-refractivity contribution in [2.75, 3.05) is 13.2 Å². The van der Waals surface area contributed by atoms with E-state index in [9.17, 15) is 0 Å². The van der Waals surface area contributed by atoms with E-state index in [0.29, 0.717) is 0 Å². The summed E-state index contributed by atoms with van der Waals surface area (Å²) >= 11 is 0. The van der Waals surface area contributed by atoms with Gasteiger partial charge in [-0.15, -0.1) is 13.2 Å². The summed E-state index contributed by atoms with van der Waals surface area (Å²) < 4.78 is 0. The van der Waals surface area contributed by atoms with Gasteiger partial charge in [0.2, 0.25) is 0 Å². The Bertz CT molecular complexity index is 11.7. The Hall–Kier alpha value is 0.790. The van der Waals surface area contributed by atoms with Crippen molar-refractivity contribution >= 4 is 0 Å². The molecule has 0 heterocycles. The third-order valence-electron chi connectivity index (χ3n) is 0. The maximum atomic E-state index is 8.93. The Morgan fingerprint density at radius 3 is 1.00 bits per heavy atom. The van der Waals surface area contributed by atoms with Gasteiger partial charge in [0.1, 0.15) is 0 Å². The molecule has 2 nitrogen and oxygen atoms in total. The van der Waals surface area contributed by atoms with Crippen LogP contribution >= 0.6 is 0 Å². The summed E-state index contributed by atoms with van der Waals surface area (Å²) in [5.41, 5.74) is 0. The summed E-state index contributed by atoms with van der Waals surface area (Å²) in [6, 6.07) is 0. The molecule has 0 fully saturated rings. The zero-order chi connectivity index (χ0) is 5.41. The molecule has 44 valence electrons. The minimum atomic E-state index is 0. The van der Waals surface area contributed by atoms with Crippen LogP contribution in [0.1, 0.15) is 13.8 Å². The standard InChI is InChI=1S/2C2H5O.Hf/c2*1-2-3;/h2*2H2,1H3;/q2*-1;. The largest absolute Gasteiger partial charge is 0.855 e. The SMILES string of the molecule is CC[O-].CC[O-].[Hf]. The summed E-state index contributed by atoms with van der Waals surface area (Å²) in [4.78, 5) is 0. The molecule has 0 amide bonds. The smallest absolute Gasteiger partial charge is 0 e. The van der Waals surface area contributed by atoms with Crippen molar-refractivity contribution in [3.05, 3.63) is 0 Å². The average Bonchev–Trinajstić information content (AvgIpc) is 1.39. The fraction of sp³-hybridized carbons (Fsp3) is 1.00. The van der Waals surface area contributed by atoms with Crippen LogP contribution in [0.5, 0.6) is 0 Å². The van der Waals surface area contributed by atoms with Crippen molar-refractivity contribution in [2.24, 2.45) is 0 Å². The minimum absolute atomic E-state index is 0. The van der Waals surface area contributed by atoms with Gasteiger partial charge in [0.25, 0.3) is 0 Å². The molecule has 0 aliphatic heterocycles. The van der Waals surface area contributed by atoms with Crippen LogP contribution in [0, 0.1) is 0 Å². The van der Waals surface area contributed by atoms with Crippen molar-refractivity contribution in [1.82, 2.24) is 0 Å². The maximum Gasteiger partial charge on any atom is 0 e. The van der Waals surface area contributed by atoms with Gasteiger partial charge in [-0.05, 0) is 0 Å². The van der Waals surface area contributed by atoms with Crippen LogP contribution in [0.4, 0.5) is 0 Å². The Balaban J connectivity index is -0.0000000400. The number of rotatable bonds is 0. The molecule has 0 radical (unpaired) electrons. The van der Waals surface area contributed by atoms with Gasteiger partial charge in [0, 0.05) is 25.8 Å². The molecule has 7 heavy (non-hydrogen) atoms. The molecular formula is C4H10HfO2-2. The first-order valence-corrected chi connectivity index (χ1v) is 1.99. The fourth-order valence-electron chi connectivity index (χ4n) is 0. The van der Waals surface area contributed by atoms with Gasteiger partial charge in [-0.25, -0.2) is 0 Å². The normalized spacial score (nSPS) is 5.14. The monoisotopic (exact) mass is 270 g/mol. The van der Waals surface area contributed by atoms with Crippen LogP contribution in [0.2, 0.25) is 0 Å². The van der Waals surface area contributed by atoms with E-state index in [2.05, 4.69) is 0 Å². The molecule has 3 heteroatoms. The first-order chi connectivity index (χ1) is 2.83. The van der Waals surface area contributed by atoms with Gasteiger partial charge >= 0.3 is 0 Å². The van der Waals surface area contributed by atoms with Crippen LogP contribution in [0.15, 0.2) is 0 Å². The molecule has 0 aromatic carbocycles. The molecule has 0 aliphatic rings. The van der Waals surface area contributed by atoms with Crippen molar-refractivity contribution in [3.63, 3.8) is 0 Å². The molecular weight excluding hydrogens is 259 g/mol. The van der Waals surface area contributed by atoms with E-state index in [4.69, 9.17) is 10.2 Å². The molecule has 0 aromatic heterocycles. The predicted octanol–water partition coefficient (Wildman–Crippen LogP) is -1.27. The maximum absolute atomic E-state index is 8.93. The molecule has 0 bridgehead atoms. The topological polar surface area (TPSA) is 46.1 Å². The van der Waals surface area contributed by atoms with E-state index >= 15 is 0 Å². The van der Waals surface area contributed by atoms with E-state index in [1.807, 2.05) is 0 Å². The van der Waals surface area contributed by atoms with Gasteiger partial charge < -0.3 is 10.2 Å². The van der Waals surface area contributed by atoms with Crippen LogP contribution in [0.25, 0.3) is 0 Å². The first kappa shape index (κ1) is 15.7. The summed E-state index contributed by atoms with van der Waals surface area (Å²) in [5.74, 6) is 0. The van der Waals surface area contributed by atoms with Crippen LogP contribution in [-0.2, 0) is 25.8 Å². The summed E-state index contributed by atoms with van der Waals surface area (Å²) in [6.45, 7) is 3.14. The minimum Gasteiger partial charge on any atom is -0.855 e. The van der Waals surface area contributed by atoms with Crippen LogP contribution in [0.3, 0.4) is 0 Å². The van der Waals surface area contributed by atoms with E-state index in [1.54, 1.807) is 13.8 Å². The summed E-state index contributed by atoms with van der Waals surface area (Å²) in [5, 5.41) is 17.9. The predicted molar refractivity (Wildman–Crippen MR) is 21.1 cm³/mol. The Morgan fingerprint density at radius 2 is 1.00 bits per heavy atom. The molecule has 0 atom stereocenters. The second-order valence-electron chi connectivity index (χ2n) is 0.577. The molecule has 0 aromatic rings. The van der Waals surface area contributed by atoms with Gasteiger partial charge in [-0.1, -0.05) is 13.8 Å². The van der Waals surface area contributed by atoms with Crippen molar-refractivity contribution < 1.29 is 36.1 Å². The first-order valence-electron chi connectivity index (χ1n) is 1.99. The zero-order valence-electron chi connectivity index (χ0n) is 4.73. The second kappa shape index (κ2) is 29.2. The van der Waals surface area contributed by atoms with Crippen LogP contribution < -0.4 is 10.2 Å². The Morgan fingerprint density at radius 1 is 1.00 bits per heavy atom. The number of hydrogen-bond donors (Lipinski definition) is 0. The van der Waals surface area contributed by atoms with Crippen LogP contribution in [-0.4, -0.2) is 13.2 Å². The van der Waals surface area contributed by atoms with E-state index < -0.39 is 0 Å². The average molecular weight is 269 g/mol. The van der Waals surface area contributed by atoms with E-state index in [1.165, 1.54) is 0 Å². The Kier molecular flexibility index (Phi) is 65.4. The Labute approximate surface area is 63.3 Å². The summed E-state index contributed by atoms with van der Waals surface area (Å²) in [6.07, 6.45) is 0. The van der Waals surface area contributed by atoms with E-state index in [0.717, 1.165) is 0 Å². The third-order valence-corrected chi connectivity index (χ3v) is 0. The van der Waals surface area contributed by atoms with Crippen molar-refractivity contribution in [2.45, 2.75) is 13.8 Å². The van der Waals surface area contributed by atoms with Crippen molar-refractivity contribution in [3.8, 4) is 0 Å². The van der Waals surface area contributed by atoms with E-state index in [-0.39, 0.29) is 39.1 Å². The van der Waals surface area contributed by atoms with Gasteiger partial charge in [-0.3, -0.25) is 0 Å². The molecule has 0 saturated heterocycles. The molecule has 0 N–H and O–H groups in total. The quantitative estimate of drug-likeness (QED) is 0.515.